The number of rotatable bonds is 13. The van der Waals surface area contributed by atoms with Crippen molar-refractivity contribution in [2.45, 2.75) is 111 Å². The Morgan fingerprint density at radius 3 is 2.42 bits per heavy atom. The molecule has 5 aromatic rings. The Kier molecular flexibility index (Phi) is 13.3. The number of ketones is 2. The normalized spacial score (nSPS) is 18.4. The quantitative estimate of drug-likeness (QED) is 0.0995. The summed E-state index contributed by atoms with van der Waals surface area (Å²) in [5.74, 6) is -1.52. The van der Waals surface area contributed by atoms with Gasteiger partial charge in [-0.25, -0.2) is 9.83 Å². The Morgan fingerprint density at radius 2 is 1.76 bits per heavy atom. The average molecular weight is 924 g/mol. The fraction of sp³-hybridized carbons (Fsp3) is 0.453. The lowest BCUT2D eigenvalue weighted by molar-refractivity contribution is -0.146. The number of thiazole rings is 1. The largest absolute Gasteiger partial charge is 0.391 e. The van der Waals surface area contributed by atoms with Crippen molar-refractivity contribution in [1.29, 1.82) is 0 Å². The number of fused-ring (bicyclic) bond motifs is 4. The molecular weight excluding hydrogens is 863 g/mol. The number of hydrogen-bond acceptors (Lipinski definition) is 9. The Morgan fingerprint density at radius 1 is 1.03 bits per heavy atom. The van der Waals surface area contributed by atoms with Gasteiger partial charge in [0.15, 0.2) is 11.5 Å². The third-order valence-electron chi connectivity index (χ3n) is 14.2. The van der Waals surface area contributed by atoms with Gasteiger partial charge in [0, 0.05) is 104 Å². The molecular formula is C53H61N7O6S. The lowest BCUT2D eigenvalue weighted by atomic mass is 9.70. The first kappa shape index (κ1) is 47.3. The number of aromatic nitrogens is 2. The van der Waals surface area contributed by atoms with Gasteiger partial charge in [-0.15, -0.1) is 11.3 Å². The van der Waals surface area contributed by atoms with Crippen LogP contribution in [-0.2, 0) is 37.6 Å². The van der Waals surface area contributed by atoms with Crippen molar-refractivity contribution < 1.29 is 29.1 Å². The van der Waals surface area contributed by atoms with E-state index in [1.807, 2.05) is 74.5 Å². The van der Waals surface area contributed by atoms with Gasteiger partial charge >= 0.3 is 0 Å². The van der Waals surface area contributed by atoms with Crippen LogP contribution in [0.4, 0.5) is 11.4 Å². The van der Waals surface area contributed by atoms with E-state index >= 15 is 0 Å². The SMILES string of the molecule is [C-]#[N+]c1ccc2c3c([nH]c2c1)C(C)(C)c1cc(N2CCN(C(=O)CCCC(=O)C[C@H](C(=O)N4C[C@H](O)C[C@H]4C(=O)NCc4ccc(-c5scnc5C)cc4)C(C)(C)C)CC2)c(CC)cc1C3=O. The van der Waals surface area contributed by atoms with Gasteiger partial charge in [-0.3, -0.25) is 24.0 Å². The second-order valence-electron chi connectivity index (χ2n) is 20.0. The molecule has 0 radical (unpaired) electrons. The summed E-state index contributed by atoms with van der Waals surface area (Å²) in [6.45, 7) is 24.1. The third kappa shape index (κ3) is 9.41. The Labute approximate surface area is 396 Å². The van der Waals surface area contributed by atoms with Crippen molar-refractivity contribution in [3.63, 3.8) is 0 Å². The number of likely N-dealkylation sites (tertiary alicyclic amines) is 1. The van der Waals surface area contributed by atoms with Crippen molar-refractivity contribution in [3.05, 3.63) is 111 Å². The number of nitrogens with zero attached hydrogens (tertiary/aromatic N) is 5. The van der Waals surface area contributed by atoms with E-state index in [0.29, 0.717) is 49.4 Å². The molecule has 3 N–H and O–H groups in total. The molecule has 4 heterocycles. The van der Waals surface area contributed by atoms with E-state index < -0.39 is 28.9 Å². The molecule has 8 rings (SSSR count). The number of β-amino-alcohol motifs (C(OH)–C–C–N with tert-alkyl or cyclic N) is 1. The number of hydrogen-bond donors (Lipinski definition) is 3. The molecule has 0 unspecified atom stereocenters. The number of nitrogens with one attached hydrogen (secondary N) is 2. The number of aliphatic hydroxyl groups excluding tert-OH is 1. The summed E-state index contributed by atoms with van der Waals surface area (Å²) >= 11 is 1.58. The second kappa shape index (κ2) is 18.8. The molecule has 2 aliphatic heterocycles. The molecule has 67 heavy (non-hydrogen) atoms. The van der Waals surface area contributed by atoms with Crippen molar-refractivity contribution in [3.8, 4) is 10.4 Å². The number of aryl methyl sites for hydroxylation is 2. The molecule has 3 aromatic carbocycles. The molecule has 350 valence electrons. The number of aromatic amines is 1. The van der Waals surface area contributed by atoms with Gasteiger partial charge < -0.3 is 30.1 Å². The highest BCUT2D eigenvalue weighted by molar-refractivity contribution is 7.13. The molecule has 3 aliphatic rings. The van der Waals surface area contributed by atoms with Gasteiger partial charge in [-0.05, 0) is 65.6 Å². The molecule has 0 spiro atoms. The smallest absolute Gasteiger partial charge is 0.243 e. The van der Waals surface area contributed by atoms with Crippen molar-refractivity contribution in [2.24, 2.45) is 11.3 Å². The van der Waals surface area contributed by atoms with E-state index in [1.54, 1.807) is 23.5 Å². The van der Waals surface area contributed by atoms with Crippen LogP contribution in [0.2, 0.25) is 0 Å². The minimum atomic E-state index is -0.855. The van der Waals surface area contributed by atoms with E-state index in [-0.39, 0.29) is 68.1 Å². The fourth-order valence-electron chi connectivity index (χ4n) is 10.2. The molecule has 14 heteroatoms. The van der Waals surface area contributed by atoms with Crippen molar-refractivity contribution in [1.82, 2.24) is 25.1 Å². The maximum absolute atomic E-state index is 14.2. The third-order valence-corrected chi connectivity index (χ3v) is 15.1. The van der Waals surface area contributed by atoms with Crippen molar-refractivity contribution >= 4 is 62.9 Å². The van der Waals surface area contributed by atoms with Gasteiger partial charge in [0.05, 0.1) is 34.3 Å². The first-order valence-electron chi connectivity index (χ1n) is 23.4. The van der Waals surface area contributed by atoms with Crippen LogP contribution in [0.3, 0.4) is 0 Å². The first-order chi connectivity index (χ1) is 31.9. The number of piperazine rings is 1. The number of Topliss-reactive ketones (excluding diaryl/α,β-unsaturated/α-hetero) is 1. The first-order valence-corrected chi connectivity index (χ1v) is 24.3. The highest BCUT2D eigenvalue weighted by Crippen LogP contribution is 2.46. The number of anilines is 1. The zero-order chi connectivity index (χ0) is 47.9. The Bertz CT molecular complexity index is 2790. The summed E-state index contributed by atoms with van der Waals surface area (Å²) in [4.78, 5) is 87.0. The van der Waals surface area contributed by atoms with Crippen LogP contribution in [0.15, 0.2) is 60.1 Å². The maximum atomic E-state index is 14.2. The summed E-state index contributed by atoms with van der Waals surface area (Å²) in [6.07, 6.45) is 0.719. The molecule has 2 saturated heterocycles. The molecule has 0 bridgehead atoms. The minimum absolute atomic E-state index is 0.0118. The number of aliphatic hydroxyl groups is 1. The number of benzene rings is 3. The van der Waals surface area contributed by atoms with Gasteiger partial charge in [0.2, 0.25) is 17.7 Å². The summed E-state index contributed by atoms with van der Waals surface area (Å²) in [7, 11) is 0. The van der Waals surface area contributed by atoms with Crippen LogP contribution < -0.4 is 10.2 Å². The van der Waals surface area contributed by atoms with Crippen LogP contribution in [0.25, 0.3) is 26.2 Å². The number of H-pyrrole nitrogens is 1. The summed E-state index contributed by atoms with van der Waals surface area (Å²) in [5.41, 5.74) is 10.3. The number of carbonyl (C=O) groups is 5. The molecule has 2 aromatic heterocycles. The highest BCUT2D eigenvalue weighted by atomic mass is 32.1. The van der Waals surface area contributed by atoms with Crippen molar-refractivity contribution in [2.75, 3.05) is 37.6 Å². The lowest BCUT2D eigenvalue weighted by Gasteiger charge is -2.39. The summed E-state index contributed by atoms with van der Waals surface area (Å²) in [5, 5.41) is 14.5. The fourth-order valence-corrected chi connectivity index (χ4v) is 11.0. The predicted molar refractivity (Wildman–Crippen MR) is 261 cm³/mol. The molecule has 2 fully saturated rings. The van der Waals surface area contributed by atoms with E-state index in [2.05, 4.69) is 51.9 Å². The van der Waals surface area contributed by atoms with Crippen LogP contribution in [0, 0.1) is 24.8 Å². The van der Waals surface area contributed by atoms with E-state index in [0.717, 1.165) is 61.5 Å². The lowest BCUT2D eigenvalue weighted by Crippen LogP contribution is -2.50. The zero-order valence-corrected chi connectivity index (χ0v) is 40.4. The van der Waals surface area contributed by atoms with E-state index in [1.165, 1.54) is 4.90 Å². The van der Waals surface area contributed by atoms with E-state index in [4.69, 9.17) is 6.57 Å². The topological polar surface area (TPSA) is 160 Å². The van der Waals surface area contributed by atoms with Crippen LogP contribution in [0.1, 0.15) is 118 Å². The standard InChI is InChI=1S/C53H61N7O6S/c1-9-33-23-39-40(53(6,7)49-46(47(39)64)38-18-17-35(54-8)24-42(38)57-49)27-43(33)58-19-21-59(22-20-58)45(63)12-10-11-36(61)25-41(52(3,4)5)51(66)60-29-37(62)26-44(60)50(65)55-28-32-13-15-34(16-14-32)48-31(2)56-30-67-48/h13-18,23-24,27,30,37,41,44,57,62H,9-12,19-22,25-26,28-29H2,1-7H3,(H,55,65)/t37-,41-,44+/m1/s1. The summed E-state index contributed by atoms with van der Waals surface area (Å²) < 4.78 is 0. The maximum Gasteiger partial charge on any atom is 0.243 e. The molecule has 1 aliphatic carbocycles. The molecule has 3 amide bonds. The molecule has 0 saturated carbocycles. The Hall–Kier alpha value is -6.17. The molecule has 13 nitrogen and oxygen atoms in total. The number of amides is 3. The predicted octanol–water partition coefficient (Wildman–Crippen LogP) is 8.30. The van der Waals surface area contributed by atoms with Crippen LogP contribution >= 0.6 is 11.3 Å². The Balaban J connectivity index is 0.842. The average Bonchev–Trinajstić information content (AvgIpc) is 4.05. The summed E-state index contributed by atoms with van der Waals surface area (Å²) in [6, 6.07) is 16.7. The van der Waals surface area contributed by atoms with Gasteiger partial charge in [-0.1, -0.05) is 77.9 Å². The van der Waals surface area contributed by atoms with Crippen LogP contribution in [-0.4, -0.2) is 99.0 Å². The van der Waals surface area contributed by atoms with Gasteiger partial charge in [0.1, 0.15) is 11.8 Å². The van der Waals surface area contributed by atoms with Gasteiger partial charge in [-0.2, -0.15) is 0 Å². The van der Waals surface area contributed by atoms with Crippen LogP contribution in [0.5, 0.6) is 0 Å². The molecule has 3 atom stereocenters. The zero-order valence-electron chi connectivity index (χ0n) is 39.6. The van der Waals surface area contributed by atoms with Gasteiger partial charge in [0.25, 0.3) is 0 Å². The monoisotopic (exact) mass is 923 g/mol. The minimum Gasteiger partial charge on any atom is -0.391 e. The second-order valence-corrected chi connectivity index (χ2v) is 20.9. The van der Waals surface area contributed by atoms with E-state index in [9.17, 15) is 29.1 Å². The number of carbonyl (C=O) groups excluding carboxylic acids is 5. The highest BCUT2D eigenvalue weighted by Gasteiger charge is 2.45.